The number of aromatic nitrogens is 4. The number of rotatable bonds is 8. The molecule has 36 heavy (non-hydrogen) atoms. The number of halogens is 1. The van der Waals surface area contributed by atoms with Gasteiger partial charge < -0.3 is 14.5 Å². The van der Waals surface area contributed by atoms with E-state index in [4.69, 9.17) is 9.47 Å². The molecule has 1 N–H and O–H groups in total. The first-order chi connectivity index (χ1) is 17.0. The quantitative estimate of drug-likeness (QED) is 0.382. The Morgan fingerprint density at radius 2 is 1.92 bits per heavy atom. The number of methoxy groups -OCH3 is 1. The van der Waals surface area contributed by atoms with E-state index in [1.807, 2.05) is 6.92 Å². The number of hydrogen-bond acceptors (Lipinski definition) is 7. The van der Waals surface area contributed by atoms with Crippen molar-refractivity contribution in [2.75, 3.05) is 25.7 Å². The Hall–Kier alpha value is -3.73. The van der Waals surface area contributed by atoms with E-state index in [2.05, 4.69) is 15.0 Å². The lowest BCUT2D eigenvalue weighted by atomic mass is 9.98. The molecule has 0 aliphatic rings. The molecule has 0 saturated heterocycles. The number of imidazole rings is 1. The number of aryl methyl sites for hydroxylation is 2. The number of nitrogens with one attached hydrogen (secondary N) is 1. The van der Waals surface area contributed by atoms with Crippen molar-refractivity contribution in [1.29, 1.82) is 0 Å². The molecule has 4 aromatic rings. The molecule has 1 aromatic carbocycles. The van der Waals surface area contributed by atoms with Gasteiger partial charge in [-0.15, -0.1) is 0 Å². The average molecular weight is 515 g/mol. The van der Waals surface area contributed by atoms with Crippen molar-refractivity contribution in [3.05, 3.63) is 69.7 Å². The van der Waals surface area contributed by atoms with Crippen molar-refractivity contribution in [2.24, 2.45) is 0 Å². The zero-order valence-electron chi connectivity index (χ0n) is 20.6. The molecule has 190 valence electrons. The Kier molecular flexibility index (Phi) is 6.85. The van der Waals surface area contributed by atoms with Crippen LogP contribution in [0.1, 0.15) is 29.8 Å². The fourth-order valence-corrected chi connectivity index (χ4v) is 5.17. The highest BCUT2D eigenvalue weighted by atomic mass is 32.2. The molecule has 0 spiro atoms. The summed E-state index contributed by atoms with van der Waals surface area (Å²) in [5.41, 5.74) is 3.48. The summed E-state index contributed by atoms with van der Waals surface area (Å²) in [6.07, 6.45) is 2.70. The first-order valence-corrected chi connectivity index (χ1v) is 13.3. The molecule has 0 amide bonds. The van der Waals surface area contributed by atoms with Gasteiger partial charge in [0.25, 0.3) is 5.88 Å². The van der Waals surface area contributed by atoms with Gasteiger partial charge in [0.15, 0.2) is 11.4 Å². The summed E-state index contributed by atoms with van der Waals surface area (Å²) in [4.78, 5) is 25.1. The van der Waals surface area contributed by atoms with Gasteiger partial charge in [0, 0.05) is 18.0 Å². The van der Waals surface area contributed by atoms with Gasteiger partial charge in [-0.1, -0.05) is 6.07 Å². The maximum absolute atomic E-state index is 13.6. The monoisotopic (exact) mass is 514 g/mol. The summed E-state index contributed by atoms with van der Waals surface area (Å²) in [6.45, 7) is 5.73. The third-order valence-corrected chi connectivity index (χ3v) is 6.86. The van der Waals surface area contributed by atoms with Crippen LogP contribution in [0.2, 0.25) is 0 Å². The van der Waals surface area contributed by atoms with Crippen LogP contribution < -0.4 is 15.2 Å². The normalized spacial score (nSPS) is 12.6. The average Bonchev–Trinajstić information content (AvgIpc) is 3.14. The molecular formula is C25H27FN4O5S. The first kappa shape index (κ1) is 25.4. The van der Waals surface area contributed by atoms with E-state index in [9.17, 15) is 17.6 Å². The van der Waals surface area contributed by atoms with Crippen LogP contribution in [0.3, 0.4) is 0 Å². The highest BCUT2D eigenvalue weighted by Crippen LogP contribution is 2.32. The number of nitrogens with zero attached hydrogens (tertiary/aromatic N) is 3. The number of sulfone groups is 1. The number of ether oxygens (including phenoxy) is 2. The van der Waals surface area contributed by atoms with Crippen LogP contribution in [0.15, 0.2) is 41.3 Å². The maximum Gasteiger partial charge on any atom is 0.328 e. The number of benzene rings is 1. The summed E-state index contributed by atoms with van der Waals surface area (Å²) in [5, 5.41) is 0. The molecule has 9 nitrogen and oxygen atoms in total. The Morgan fingerprint density at radius 1 is 1.17 bits per heavy atom. The summed E-state index contributed by atoms with van der Waals surface area (Å²) in [6, 6.07) is 6.71. The van der Waals surface area contributed by atoms with Crippen molar-refractivity contribution < 1.29 is 22.3 Å². The van der Waals surface area contributed by atoms with E-state index >= 15 is 0 Å². The first-order valence-electron chi connectivity index (χ1n) is 11.3. The standard InChI is InChI=1S/C25H27FN4O5S/c1-6-35-24-21(34-4)10-9-19(28-24)20(13-36(5,32)33)30-23-22(29-25(30)31)15(3)18(12-27-23)17-8-7-16(26)11-14(17)2/h7-12,20H,6,13H2,1-5H3,(H,29,31). The fourth-order valence-electron chi connectivity index (χ4n) is 4.28. The van der Waals surface area contributed by atoms with Gasteiger partial charge in [-0.2, -0.15) is 0 Å². The zero-order chi connectivity index (χ0) is 26.2. The summed E-state index contributed by atoms with van der Waals surface area (Å²) < 4.78 is 50.6. The Balaban J connectivity index is 1.93. The molecule has 3 aromatic heterocycles. The number of aromatic amines is 1. The Morgan fingerprint density at radius 3 is 2.56 bits per heavy atom. The van der Waals surface area contributed by atoms with E-state index in [0.29, 0.717) is 23.6 Å². The molecule has 0 aliphatic heterocycles. The van der Waals surface area contributed by atoms with Gasteiger partial charge >= 0.3 is 5.69 Å². The van der Waals surface area contributed by atoms with Crippen LogP contribution >= 0.6 is 0 Å². The van der Waals surface area contributed by atoms with E-state index in [1.165, 1.54) is 23.8 Å². The molecule has 0 bridgehead atoms. The van der Waals surface area contributed by atoms with Crippen LogP contribution in [0, 0.1) is 19.7 Å². The predicted molar refractivity (Wildman–Crippen MR) is 135 cm³/mol. The Bertz CT molecular complexity index is 1610. The van der Waals surface area contributed by atoms with Gasteiger partial charge in [0.05, 0.1) is 36.7 Å². The second kappa shape index (κ2) is 9.73. The van der Waals surface area contributed by atoms with Gasteiger partial charge in [-0.3, -0.25) is 4.57 Å². The van der Waals surface area contributed by atoms with Crippen molar-refractivity contribution in [3.8, 4) is 22.8 Å². The van der Waals surface area contributed by atoms with Gasteiger partial charge in [0.2, 0.25) is 0 Å². The minimum absolute atomic E-state index is 0.196. The molecule has 1 atom stereocenters. The van der Waals surface area contributed by atoms with E-state index in [0.717, 1.165) is 28.5 Å². The third-order valence-electron chi connectivity index (χ3n) is 5.94. The molecule has 0 aliphatic carbocycles. The summed E-state index contributed by atoms with van der Waals surface area (Å²) in [7, 11) is -2.07. The molecule has 0 saturated carbocycles. The highest BCUT2D eigenvalue weighted by molar-refractivity contribution is 7.90. The van der Waals surface area contributed by atoms with Gasteiger partial charge in [-0.05, 0) is 61.7 Å². The van der Waals surface area contributed by atoms with Crippen LogP contribution in [0.25, 0.3) is 22.3 Å². The van der Waals surface area contributed by atoms with Crippen molar-refractivity contribution in [3.63, 3.8) is 0 Å². The molecule has 0 radical (unpaired) electrons. The number of hydrogen-bond donors (Lipinski definition) is 1. The molecule has 3 heterocycles. The molecule has 4 rings (SSSR count). The van der Waals surface area contributed by atoms with E-state index < -0.39 is 21.6 Å². The van der Waals surface area contributed by atoms with Gasteiger partial charge in [0.1, 0.15) is 15.7 Å². The Labute approximate surface area is 207 Å². The zero-order valence-corrected chi connectivity index (χ0v) is 21.4. The SMILES string of the molecule is CCOc1nc(C(CS(C)(=O)=O)n2c(=O)[nH]c3c(C)c(-c4ccc(F)cc4C)cnc32)ccc1OC. The van der Waals surface area contributed by atoms with Crippen LogP contribution in [-0.2, 0) is 9.84 Å². The lowest BCUT2D eigenvalue weighted by Crippen LogP contribution is -2.29. The maximum atomic E-state index is 13.6. The summed E-state index contributed by atoms with van der Waals surface area (Å²) in [5.74, 6) is -0.144. The van der Waals surface area contributed by atoms with Crippen LogP contribution in [0.5, 0.6) is 11.6 Å². The van der Waals surface area contributed by atoms with Crippen molar-refractivity contribution in [2.45, 2.75) is 26.8 Å². The number of pyridine rings is 2. The minimum Gasteiger partial charge on any atom is -0.491 e. The fraction of sp³-hybridized carbons (Fsp3) is 0.320. The molecule has 1 unspecified atom stereocenters. The highest BCUT2D eigenvalue weighted by Gasteiger charge is 2.27. The second-order valence-corrected chi connectivity index (χ2v) is 10.7. The van der Waals surface area contributed by atoms with Gasteiger partial charge in [-0.25, -0.2) is 27.6 Å². The number of H-pyrrole nitrogens is 1. The molecule has 0 fully saturated rings. The summed E-state index contributed by atoms with van der Waals surface area (Å²) >= 11 is 0. The lowest BCUT2D eigenvalue weighted by molar-refractivity contribution is 0.296. The van der Waals surface area contributed by atoms with E-state index in [-0.39, 0.29) is 23.1 Å². The third kappa shape index (κ3) is 4.83. The minimum atomic E-state index is -3.54. The van der Waals surface area contributed by atoms with Crippen molar-refractivity contribution in [1.82, 2.24) is 19.5 Å². The van der Waals surface area contributed by atoms with Crippen LogP contribution in [-0.4, -0.2) is 53.7 Å². The second-order valence-electron chi connectivity index (χ2n) is 8.54. The van der Waals surface area contributed by atoms with E-state index in [1.54, 1.807) is 38.2 Å². The predicted octanol–water partition coefficient (Wildman–Crippen LogP) is 3.58. The molecule has 11 heteroatoms. The molecular weight excluding hydrogens is 487 g/mol. The smallest absolute Gasteiger partial charge is 0.328 e. The lowest BCUT2D eigenvalue weighted by Gasteiger charge is -2.19. The topological polar surface area (TPSA) is 116 Å². The van der Waals surface area contributed by atoms with Crippen LogP contribution in [0.4, 0.5) is 4.39 Å². The van der Waals surface area contributed by atoms with Crippen molar-refractivity contribution >= 4 is 21.0 Å². The largest absolute Gasteiger partial charge is 0.491 e. The number of fused-ring (bicyclic) bond motifs is 1.